The third-order valence-corrected chi connectivity index (χ3v) is 4.10. The standard InChI is InChI=1S/C15H11N5S/c1-2-13(21-9-1)12-3-4-14-17-18-15(20(14)19-12)10-11-5-7-16-8-6-11/h1-9H,10H2. The van der Waals surface area contributed by atoms with Gasteiger partial charge in [0, 0.05) is 18.8 Å². The minimum atomic E-state index is 0.685. The summed E-state index contributed by atoms with van der Waals surface area (Å²) in [4.78, 5) is 5.17. The Morgan fingerprint density at radius 3 is 2.71 bits per heavy atom. The van der Waals surface area contributed by atoms with Crippen molar-refractivity contribution in [3.05, 3.63) is 65.6 Å². The molecule has 102 valence electrons. The second-order valence-corrected chi connectivity index (χ2v) is 5.56. The van der Waals surface area contributed by atoms with Crippen molar-refractivity contribution in [2.75, 3.05) is 0 Å². The molecule has 0 N–H and O–H groups in total. The van der Waals surface area contributed by atoms with Crippen LogP contribution >= 0.6 is 11.3 Å². The molecule has 0 bridgehead atoms. The SMILES string of the molecule is c1csc(-c2ccc3nnc(Cc4ccncc4)n3n2)c1. The molecule has 4 heterocycles. The highest BCUT2D eigenvalue weighted by Crippen LogP contribution is 2.22. The van der Waals surface area contributed by atoms with Gasteiger partial charge in [0.25, 0.3) is 0 Å². The highest BCUT2D eigenvalue weighted by Gasteiger charge is 2.09. The monoisotopic (exact) mass is 293 g/mol. The topological polar surface area (TPSA) is 56.0 Å². The van der Waals surface area contributed by atoms with Crippen LogP contribution in [0.4, 0.5) is 0 Å². The molecule has 4 aromatic heterocycles. The van der Waals surface area contributed by atoms with Crippen LogP contribution in [0.3, 0.4) is 0 Å². The fourth-order valence-electron chi connectivity index (χ4n) is 2.18. The molecule has 0 spiro atoms. The Hall–Kier alpha value is -2.60. The summed E-state index contributed by atoms with van der Waals surface area (Å²) >= 11 is 1.67. The summed E-state index contributed by atoms with van der Waals surface area (Å²) in [5, 5.41) is 15.1. The molecule has 0 unspecified atom stereocenters. The zero-order valence-corrected chi connectivity index (χ0v) is 11.9. The lowest BCUT2D eigenvalue weighted by Crippen LogP contribution is -2.01. The lowest BCUT2D eigenvalue weighted by molar-refractivity contribution is 0.841. The van der Waals surface area contributed by atoms with Crippen LogP contribution in [0.25, 0.3) is 16.2 Å². The van der Waals surface area contributed by atoms with E-state index in [-0.39, 0.29) is 0 Å². The van der Waals surface area contributed by atoms with Gasteiger partial charge in [0.15, 0.2) is 11.5 Å². The summed E-state index contributed by atoms with van der Waals surface area (Å²) in [6.45, 7) is 0. The van der Waals surface area contributed by atoms with Crippen LogP contribution < -0.4 is 0 Å². The van der Waals surface area contributed by atoms with Crippen molar-refractivity contribution in [3.63, 3.8) is 0 Å². The van der Waals surface area contributed by atoms with Gasteiger partial charge in [0.2, 0.25) is 0 Å². The highest BCUT2D eigenvalue weighted by atomic mass is 32.1. The average Bonchev–Trinajstić information content (AvgIpc) is 3.18. The first kappa shape index (κ1) is 12.2. The molecule has 4 aromatic rings. The molecule has 0 aromatic carbocycles. The summed E-state index contributed by atoms with van der Waals surface area (Å²) in [5.74, 6) is 0.828. The quantitative estimate of drug-likeness (QED) is 0.583. The largest absolute Gasteiger partial charge is 0.265 e. The van der Waals surface area contributed by atoms with Crippen LogP contribution in [0, 0.1) is 0 Å². The van der Waals surface area contributed by atoms with Gasteiger partial charge in [-0.05, 0) is 41.3 Å². The van der Waals surface area contributed by atoms with E-state index in [4.69, 9.17) is 0 Å². The van der Waals surface area contributed by atoms with Crippen molar-refractivity contribution in [1.82, 2.24) is 24.8 Å². The normalized spacial score (nSPS) is 11.0. The second-order valence-electron chi connectivity index (χ2n) is 4.61. The molecule has 4 rings (SSSR count). The molecule has 0 amide bonds. The third-order valence-electron chi connectivity index (χ3n) is 3.21. The molecule has 0 saturated heterocycles. The summed E-state index contributed by atoms with van der Waals surface area (Å²) < 4.78 is 1.81. The van der Waals surface area contributed by atoms with Crippen molar-refractivity contribution in [3.8, 4) is 10.6 Å². The van der Waals surface area contributed by atoms with E-state index in [0.29, 0.717) is 6.42 Å². The molecular formula is C15H11N5S. The van der Waals surface area contributed by atoms with Gasteiger partial charge in [-0.15, -0.1) is 21.5 Å². The van der Waals surface area contributed by atoms with Crippen LogP contribution in [0.15, 0.2) is 54.2 Å². The molecule has 21 heavy (non-hydrogen) atoms. The van der Waals surface area contributed by atoms with Gasteiger partial charge < -0.3 is 0 Å². The van der Waals surface area contributed by atoms with E-state index >= 15 is 0 Å². The summed E-state index contributed by atoms with van der Waals surface area (Å²) in [6, 6.07) is 12.0. The zero-order valence-electron chi connectivity index (χ0n) is 11.0. The van der Waals surface area contributed by atoms with Crippen molar-refractivity contribution in [2.45, 2.75) is 6.42 Å². The Labute approximate surface area is 124 Å². The number of thiophene rings is 1. The van der Waals surface area contributed by atoms with Crippen LogP contribution in [0.5, 0.6) is 0 Å². The van der Waals surface area contributed by atoms with E-state index in [2.05, 4.69) is 26.3 Å². The van der Waals surface area contributed by atoms with Crippen molar-refractivity contribution in [1.29, 1.82) is 0 Å². The van der Waals surface area contributed by atoms with E-state index < -0.39 is 0 Å². The summed E-state index contributed by atoms with van der Waals surface area (Å²) in [7, 11) is 0. The molecule has 5 nitrogen and oxygen atoms in total. The van der Waals surface area contributed by atoms with Gasteiger partial charge in [-0.25, -0.2) is 0 Å². The molecule has 0 aliphatic carbocycles. The molecule has 0 fully saturated rings. The molecule has 0 aliphatic heterocycles. The van der Waals surface area contributed by atoms with Crippen LogP contribution in [0.1, 0.15) is 11.4 Å². The number of aromatic nitrogens is 5. The van der Waals surface area contributed by atoms with E-state index in [0.717, 1.165) is 27.6 Å². The van der Waals surface area contributed by atoms with Crippen molar-refractivity contribution < 1.29 is 0 Å². The lowest BCUT2D eigenvalue weighted by atomic mass is 10.2. The minimum Gasteiger partial charge on any atom is -0.265 e. The smallest absolute Gasteiger partial charge is 0.177 e. The maximum Gasteiger partial charge on any atom is 0.177 e. The predicted octanol–water partition coefficient (Wildman–Crippen LogP) is 2.84. The lowest BCUT2D eigenvalue weighted by Gasteiger charge is -2.01. The second kappa shape index (κ2) is 5.06. The maximum atomic E-state index is 4.66. The first-order valence-corrected chi connectivity index (χ1v) is 7.42. The molecule has 0 atom stereocenters. The number of hydrogen-bond acceptors (Lipinski definition) is 5. The van der Waals surface area contributed by atoms with E-state index in [1.807, 2.05) is 40.2 Å². The minimum absolute atomic E-state index is 0.685. The Morgan fingerprint density at radius 2 is 1.90 bits per heavy atom. The van der Waals surface area contributed by atoms with Crippen LogP contribution in [0.2, 0.25) is 0 Å². The zero-order chi connectivity index (χ0) is 14.1. The van der Waals surface area contributed by atoms with E-state index in [1.165, 1.54) is 0 Å². The van der Waals surface area contributed by atoms with Gasteiger partial charge in [0.1, 0.15) is 5.69 Å². The van der Waals surface area contributed by atoms with Crippen LogP contribution in [-0.4, -0.2) is 24.8 Å². The number of rotatable bonds is 3. The molecule has 6 heteroatoms. The number of pyridine rings is 1. The fourth-order valence-corrected chi connectivity index (χ4v) is 2.87. The third kappa shape index (κ3) is 2.30. The maximum absolute atomic E-state index is 4.66. The number of fused-ring (bicyclic) bond motifs is 1. The Morgan fingerprint density at radius 1 is 1.00 bits per heavy atom. The van der Waals surface area contributed by atoms with E-state index in [9.17, 15) is 0 Å². The summed E-state index contributed by atoms with van der Waals surface area (Å²) in [6.07, 6.45) is 4.25. The first-order chi connectivity index (χ1) is 10.4. The Kier molecular flexibility index (Phi) is 2.93. The van der Waals surface area contributed by atoms with Gasteiger partial charge >= 0.3 is 0 Å². The number of nitrogens with zero attached hydrogens (tertiary/aromatic N) is 5. The molecular weight excluding hydrogens is 282 g/mol. The molecule has 0 saturated carbocycles. The Balaban J connectivity index is 1.78. The van der Waals surface area contributed by atoms with Gasteiger partial charge in [-0.1, -0.05) is 6.07 Å². The first-order valence-electron chi connectivity index (χ1n) is 6.54. The van der Waals surface area contributed by atoms with Crippen LogP contribution in [-0.2, 0) is 6.42 Å². The Bertz CT molecular complexity index is 868. The average molecular weight is 293 g/mol. The fraction of sp³-hybridized carbons (Fsp3) is 0.0667. The van der Waals surface area contributed by atoms with Gasteiger partial charge in [-0.3, -0.25) is 4.98 Å². The van der Waals surface area contributed by atoms with E-state index in [1.54, 1.807) is 23.7 Å². The van der Waals surface area contributed by atoms with Crippen molar-refractivity contribution >= 4 is 17.0 Å². The van der Waals surface area contributed by atoms with Gasteiger partial charge in [-0.2, -0.15) is 9.61 Å². The predicted molar refractivity (Wildman–Crippen MR) is 81.1 cm³/mol. The molecule has 0 radical (unpaired) electrons. The highest BCUT2D eigenvalue weighted by molar-refractivity contribution is 7.13. The van der Waals surface area contributed by atoms with Crippen molar-refractivity contribution in [2.24, 2.45) is 0 Å². The summed E-state index contributed by atoms with van der Waals surface area (Å²) in [5.41, 5.74) is 2.84. The molecule has 0 aliphatic rings. The van der Waals surface area contributed by atoms with Gasteiger partial charge in [0.05, 0.1) is 4.88 Å². The number of hydrogen-bond donors (Lipinski definition) is 0.